The van der Waals surface area contributed by atoms with Crippen LogP contribution in [-0.4, -0.2) is 39.5 Å². The van der Waals surface area contributed by atoms with Crippen molar-refractivity contribution in [2.75, 3.05) is 25.0 Å². The molecule has 42 heavy (non-hydrogen) atoms. The van der Waals surface area contributed by atoms with Gasteiger partial charge in [0, 0.05) is 23.7 Å². The normalized spacial score (nSPS) is 11.9. The third-order valence-electron chi connectivity index (χ3n) is 7.60. The fraction of sp³-hybridized carbons (Fsp3) is 0.441. The number of anilines is 1. The van der Waals surface area contributed by atoms with Crippen LogP contribution >= 0.6 is 0 Å². The van der Waals surface area contributed by atoms with E-state index in [1.54, 1.807) is 18.2 Å². The molecule has 2 heterocycles. The average Bonchev–Trinajstić information content (AvgIpc) is 2.97. The molecule has 0 aliphatic carbocycles. The summed E-state index contributed by atoms with van der Waals surface area (Å²) in [5.74, 6) is 1.37. The van der Waals surface area contributed by atoms with E-state index in [-0.39, 0.29) is 5.69 Å². The molecule has 0 saturated carbocycles. The zero-order chi connectivity index (χ0) is 30.0. The first-order valence-corrected chi connectivity index (χ1v) is 15.1. The summed E-state index contributed by atoms with van der Waals surface area (Å²) in [5, 5.41) is 4.29. The molecule has 0 spiro atoms. The Morgan fingerprint density at radius 2 is 1.60 bits per heavy atom. The summed E-state index contributed by atoms with van der Waals surface area (Å²) < 4.78 is 41.4. The first kappa shape index (κ1) is 31.4. The van der Waals surface area contributed by atoms with Crippen molar-refractivity contribution in [1.29, 1.82) is 0 Å². The molecule has 0 aliphatic rings. The van der Waals surface area contributed by atoms with Crippen LogP contribution in [0.4, 0.5) is 19.0 Å². The zero-order valence-electron chi connectivity index (χ0n) is 25.0. The predicted molar refractivity (Wildman–Crippen MR) is 165 cm³/mol. The van der Waals surface area contributed by atoms with Crippen molar-refractivity contribution in [3.8, 4) is 11.3 Å². The SMILES string of the molecule is CCCCCN(CCCCC)Cc1nc(NCCc2ccccc2C)c2ccc(-c3ncccc3C(F)(F)F)cc2n1. The summed E-state index contributed by atoms with van der Waals surface area (Å²) in [6.45, 7) is 9.71. The Morgan fingerprint density at radius 1 is 0.857 bits per heavy atom. The van der Waals surface area contributed by atoms with Crippen molar-refractivity contribution in [3.05, 3.63) is 83.3 Å². The van der Waals surface area contributed by atoms with E-state index in [0.29, 0.717) is 35.8 Å². The second-order valence-electron chi connectivity index (χ2n) is 10.9. The number of hydrogen-bond donors (Lipinski definition) is 1. The molecule has 0 amide bonds. The molecule has 2 aromatic carbocycles. The molecule has 0 unspecified atom stereocenters. The molecule has 2 aromatic heterocycles. The Labute approximate surface area is 247 Å². The zero-order valence-corrected chi connectivity index (χ0v) is 25.0. The number of fused-ring (bicyclic) bond motifs is 1. The summed E-state index contributed by atoms with van der Waals surface area (Å²) in [6.07, 6.45) is 4.59. The quantitative estimate of drug-likeness (QED) is 0.143. The highest BCUT2D eigenvalue weighted by molar-refractivity contribution is 5.92. The molecule has 5 nitrogen and oxygen atoms in total. The van der Waals surface area contributed by atoms with Crippen molar-refractivity contribution in [1.82, 2.24) is 19.9 Å². The molecule has 0 bridgehead atoms. The molecule has 8 heteroatoms. The van der Waals surface area contributed by atoms with Gasteiger partial charge in [0.2, 0.25) is 0 Å². The van der Waals surface area contributed by atoms with Gasteiger partial charge in [-0.25, -0.2) is 9.97 Å². The molecule has 1 N–H and O–H groups in total. The number of alkyl halides is 3. The number of pyridine rings is 1. The van der Waals surface area contributed by atoms with Gasteiger partial charge < -0.3 is 5.32 Å². The van der Waals surface area contributed by atoms with E-state index in [1.807, 2.05) is 12.1 Å². The van der Waals surface area contributed by atoms with Crippen LogP contribution < -0.4 is 5.32 Å². The van der Waals surface area contributed by atoms with Crippen LogP contribution in [0.1, 0.15) is 74.9 Å². The molecule has 0 atom stereocenters. The van der Waals surface area contributed by atoms with E-state index < -0.39 is 11.7 Å². The molecule has 4 aromatic rings. The van der Waals surface area contributed by atoms with Gasteiger partial charge in [-0.2, -0.15) is 13.2 Å². The number of rotatable bonds is 15. The van der Waals surface area contributed by atoms with E-state index in [9.17, 15) is 13.2 Å². The highest BCUT2D eigenvalue weighted by Crippen LogP contribution is 2.36. The molecule has 0 fully saturated rings. The van der Waals surface area contributed by atoms with Gasteiger partial charge in [0.1, 0.15) is 11.6 Å². The maximum Gasteiger partial charge on any atom is 0.418 e. The van der Waals surface area contributed by atoms with Crippen LogP contribution in [0.25, 0.3) is 22.2 Å². The summed E-state index contributed by atoms with van der Waals surface area (Å²) in [4.78, 5) is 16.4. The van der Waals surface area contributed by atoms with Crippen molar-refractivity contribution in [3.63, 3.8) is 0 Å². The van der Waals surface area contributed by atoms with Gasteiger partial charge in [-0.1, -0.05) is 69.9 Å². The molecular formula is C34H42F3N5. The van der Waals surface area contributed by atoms with Gasteiger partial charge in [-0.3, -0.25) is 9.88 Å². The van der Waals surface area contributed by atoms with Crippen molar-refractivity contribution >= 4 is 16.7 Å². The summed E-state index contributed by atoms with van der Waals surface area (Å²) in [7, 11) is 0. The van der Waals surface area contributed by atoms with Crippen molar-refractivity contribution in [2.45, 2.75) is 78.4 Å². The smallest absolute Gasteiger partial charge is 0.369 e. The minimum atomic E-state index is -4.50. The Morgan fingerprint density at radius 3 is 2.29 bits per heavy atom. The number of halogens is 3. The van der Waals surface area contributed by atoms with Crippen LogP contribution in [0.2, 0.25) is 0 Å². The molecule has 0 radical (unpaired) electrons. The molecule has 4 rings (SSSR count). The largest absolute Gasteiger partial charge is 0.418 e. The van der Waals surface area contributed by atoms with E-state index in [2.05, 4.69) is 48.1 Å². The number of nitrogens with one attached hydrogen (secondary N) is 1. The second-order valence-corrected chi connectivity index (χ2v) is 10.9. The Kier molecular flexibility index (Phi) is 11.3. The Balaban J connectivity index is 1.69. The lowest BCUT2D eigenvalue weighted by Gasteiger charge is -2.22. The Bertz CT molecular complexity index is 1430. The van der Waals surface area contributed by atoms with Gasteiger partial charge in [-0.05, 0) is 74.7 Å². The highest BCUT2D eigenvalue weighted by Gasteiger charge is 2.34. The van der Waals surface area contributed by atoms with Gasteiger partial charge in [-0.15, -0.1) is 0 Å². The predicted octanol–water partition coefficient (Wildman–Crippen LogP) is 8.86. The number of unbranched alkanes of at least 4 members (excludes halogenated alkanes) is 4. The third kappa shape index (κ3) is 8.51. The fourth-order valence-electron chi connectivity index (χ4n) is 5.24. The standard InChI is InChI=1S/C34H42F3N5/c1-4-6-10-21-42(22-11-7-5-2)24-31-40-30-23-27(32-29(34(35,36)37)15-12-19-38-32)16-17-28(30)33(41-31)39-20-18-26-14-9-8-13-25(26)3/h8-9,12-17,19,23H,4-7,10-11,18,20-22,24H2,1-3H3,(H,39,40,41). The van der Waals surface area contributed by atoms with E-state index in [1.165, 1.54) is 36.2 Å². The summed E-state index contributed by atoms with van der Waals surface area (Å²) >= 11 is 0. The van der Waals surface area contributed by atoms with Gasteiger partial charge in [0.05, 0.1) is 23.3 Å². The number of aromatic nitrogens is 3. The van der Waals surface area contributed by atoms with E-state index in [0.717, 1.165) is 56.6 Å². The van der Waals surface area contributed by atoms with Crippen LogP contribution in [0.5, 0.6) is 0 Å². The summed E-state index contributed by atoms with van der Waals surface area (Å²) in [5.41, 5.74) is 2.64. The number of benzene rings is 2. The van der Waals surface area contributed by atoms with Crippen LogP contribution in [0.3, 0.4) is 0 Å². The van der Waals surface area contributed by atoms with Crippen molar-refractivity contribution < 1.29 is 13.2 Å². The number of nitrogens with zero attached hydrogens (tertiary/aromatic N) is 4. The first-order valence-electron chi connectivity index (χ1n) is 15.1. The lowest BCUT2D eigenvalue weighted by Crippen LogP contribution is -2.27. The van der Waals surface area contributed by atoms with Crippen LogP contribution in [0, 0.1) is 6.92 Å². The summed E-state index contributed by atoms with van der Waals surface area (Å²) in [6, 6.07) is 15.9. The van der Waals surface area contributed by atoms with E-state index in [4.69, 9.17) is 9.97 Å². The van der Waals surface area contributed by atoms with Crippen molar-refractivity contribution in [2.24, 2.45) is 0 Å². The van der Waals surface area contributed by atoms with Gasteiger partial charge in [0.15, 0.2) is 0 Å². The first-order chi connectivity index (χ1) is 20.3. The van der Waals surface area contributed by atoms with Crippen LogP contribution in [0.15, 0.2) is 60.8 Å². The minimum absolute atomic E-state index is 0.0955. The number of aryl methyl sites for hydroxylation is 1. The maximum atomic E-state index is 13.8. The topological polar surface area (TPSA) is 53.9 Å². The second kappa shape index (κ2) is 15.1. The van der Waals surface area contributed by atoms with Gasteiger partial charge >= 0.3 is 6.18 Å². The Hall–Kier alpha value is -3.52. The van der Waals surface area contributed by atoms with Gasteiger partial charge in [0.25, 0.3) is 0 Å². The highest BCUT2D eigenvalue weighted by atomic mass is 19.4. The molecule has 0 aliphatic heterocycles. The molecular weight excluding hydrogens is 535 g/mol. The fourth-order valence-corrected chi connectivity index (χ4v) is 5.24. The minimum Gasteiger partial charge on any atom is -0.369 e. The van der Waals surface area contributed by atoms with Crippen LogP contribution in [-0.2, 0) is 19.1 Å². The lowest BCUT2D eigenvalue weighted by molar-refractivity contribution is -0.137. The third-order valence-corrected chi connectivity index (χ3v) is 7.60. The average molecular weight is 578 g/mol. The molecule has 0 saturated heterocycles. The lowest BCUT2D eigenvalue weighted by atomic mass is 10.0. The van der Waals surface area contributed by atoms with E-state index >= 15 is 0 Å². The monoisotopic (exact) mass is 577 g/mol. The maximum absolute atomic E-state index is 13.8. The number of hydrogen-bond acceptors (Lipinski definition) is 5. The molecule has 224 valence electrons.